The summed E-state index contributed by atoms with van der Waals surface area (Å²) in [7, 11) is 0. The quantitative estimate of drug-likeness (QED) is 0.873. The maximum absolute atomic E-state index is 13.2. The number of alkyl carbamates (subject to hydrolysis) is 1. The maximum Gasteiger partial charge on any atom is 0.407 e. The Bertz CT molecular complexity index is 636. The smallest absolute Gasteiger partial charge is 0.407 e. The second-order valence-corrected chi connectivity index (χ2v) is 7.30. The number of hydrogen-bond acceptors (Lipinski definition) is 3. The second kappa shape index (κ2) is 7.80. The Hall–Kier alpha value is -2.18. The number of halogens is 2. The molecule has 0 atom stereocenters. The van der Waals surface area contributed by atoms with Gasteiger partial charge in [0.2, 0.25) is 0 Å². The highest BCUT2D eigenvalue weighted by molar-refractivity contribution is 5.94. The monoisotopic (exact) mass is 354 g/mol. The Morgan fingerprint density at radius 3 is 2.08 bits per heavy atom. The zero-order valence-electron chi connectivity index (χ0n) is 14.7. The fourth-order valence-electron chi connectivity index (χ4n) is 2.76. The van der Waals surface area contributed by atoms with E-state index in [9.17, 15) is 18.4 Å². The van der Waals surface area contributed by atoms with E-state index in [2.05, 4.69) is 10.6 Å². The van der Waals surface area contributed by atoms with E-state index in [0.717, 1.165) is 12.1 Å². The average Bonchev–Trinajstić information content (AvgIpc) is 2.50. The maximum atomic E-state index is 13.2. The van der Waals surface area contributed by atoms with Crippen molar-refractivity contribution >= 4 is 12.0 Å². The Morgan fingerprint density at radius 1 is 1.00 bits per heavy atom. The number of benzene rings is 1. The molecule has 138 valence electrons. The van der Waals surface area contributed by atoms with E-state index in [1.165, 1.54) is 6.07 Å². The predicted octanol–water partition coefficient (Wildman–Crippen LogP) is 3.53. The van der Waals surface area contributed by atoms with E-state index in [-0.39, 0.29) is 17.6 Å². The van der Waals surface area contributed by atoms with Gasteiger partial charge in [-0.25, -0.2) is 13.6 Å². The summed E-state index contributed by atoms with van der Waals surface area (Å²) in [6.45, 7) is 5.41. The number of carbonyl (C=O) groups excluding carboxylic acids is 2. The Morgan fingerprint density at radius 2 is 1.56 bits per heavy atom. The molecule has 0 aliphatic heterocycles. The van der Waals surface area contributed by atoms with Gasteiger partial charge in [-0.3, -0.25) is 4.79 Å². The lowest BCUT2D eigenvalue weighted by atomic mass is 9.91. The van der Waals surface area contributed by atoms with E-state index in [1.807, 2.05) is 0 Å². The first-order valence-corrected chi connectivity index (χ1v) is 8.39. The van der Waals surface area contributed by atoms with Crippen LogP contribution < -0.4 is 10.6 Å². The molecule has 2 N–H and O–H groups in total. The van der Waals surface area contributed by atoms with Crippen molar-refractivity contribution in [3.8, 4) is 0 Å². The van der Waals surface area contributed by atoms with Crippen LogP contribution in [0.3, 0.4) is 0 Å². The zero-order valence-corrected chi connectivity index (χ0v) is 14.7. The second-order valence-electron chi connectivity index (χ2n) is 7.30. The zero-order chi connectivity index (χ0) is 18.6. The standard InChI is InChI=1S/C18H24F2N2O3/c1-18(2,3)25-17(24)22-13-7-5-12(6-8-13)21-16(23)11-4-9-14(19)15(20)10-11/h4,9-10,12-13H,5-8H2,1-3H3,(H,21,23)(H,22,24)/t12-,13+. The van der Waals surface area contributed by atoms with Crippen molar-refractivity contribution in [1.29, 1.82) is 0 Å². The van der Waals surface area contributed by atoms with Crippen LogP contribution in [0.15, 0.2) is 18.2 Å². The van der Waals surface area contributed by atoms with Gasteiger partial charge in [-0.2, -0.15) is 0 Å². The third-order valence-corrected chi connectivity index (χ3v) is 3.97. The Balaban J connectivity index is 1.79. The fraction of sp³-hybridized carbons (Fsp3) is 0.556. The van der Waals surface area contributed by atoms with Crippen LogP contribution in [-0.4, -0.2) is 29.7 Å². The van der Waals surface area contributed by atoms with Crippen LogP contribution in [0.4, 0.5) is 13.6 Å². The molecule has 2 amide bonds. The van der Waals surface area contributed by atoms with Gasteiger partial charge >= 0.3 is 6.09 Å². The van der Waals surface area contributed by atoms with Crippen LogP contribution in [0.2, 0.25) is 0 Å². The first-order chi connectivity index (χ1) is 11.6. The normalized spacial score (nSPS) is 20.7. The largest absolute Gasteiger partial charge is 0.444 e. The van der Waals surface area contributed by atoms with Gasteiger partial charge < -0.3 is 15.4 Å². The Labute approximate surface area is 146 Å². The van der Waals surface area contributed by atoms with Crippen molar-refractivity contribution in [2.75, 3.05) is 0 Å². The highest BCUT2D eigenvalue weighted by Crippen LogP contribution is 2.20. The van der Waals surface area contributed by atoms with Crippen molar-refractivity contribution in [3.63, 3.8) is 0 Å². The number of amides is 2. The summed E-state index contributed by atoms with van der Waals surface area (Å²) in [5.74, 6) is -2.45. The molecule has 0 bridgehead atoms. The molecule has 1 aliphatic carbocycles. The van der Waals surface area contributed by atoms with Gasteiger partial charge in [0.15, 0.2) is 11.6 Å². The molecule has 1 fully saturated rings. The number of rotatable bonds is 3. The van der Waals surface area contributed by atoms with Crippen molar-refractivity contribution in [2.45, 2.75) is 64.1 Å². The molecule has 0 saturated heterocycles. The van der Waals surface area contributed by atoms with Crippen molar-refractivity contribution in [3.05, 3.63) is 35.4 Å². The summed E-state index contributed by atoms with van der Waals surface area (Å²) in [4.78, 5) is 23.9. The number of nitrogens with one attached hydrogen (secondary N) is 2. The van der Waals surface area contributed by atoms with Crippen LogP contribution >= 0.6 is 0 Å². The molecule has 1 aromatic rings. The molecule has 1 aliphatic rings. The van der Waals surface area contributed by atoms with Crippen molar-refractivity contribution in [2.24, 2.45) is 0 Å². The Kier molecular flexibility index (Phi) is 5.98. The summed E-state index contributed by atoms with van der Waals surface area (Å²) in [5, 5.41) is 5.65. The molecule has 1 saturated carbocycles. The van der Waals surface area contributed by atoms with Gasteiger partial charge in [-0.15, -0.1) is 0 Å². The van der Waals surface area contributed by atoms with Gasteiger partial charge in [0.25, 0.3) is 5.91 Å². The molecule has 7 heteroatoms. The number of ether oxygens (including phenoxy) is 1. The SMILES string of the molecule is CC(C)(C)OC(=O)N[C@H]1CC[C@@H](NC(=O)c2ccc(F)c(F)c2)CC1. The molecule has 0 radical (unpaired) electrons. The minimum absolute atomic E-state index is 0.00580. The molecule has 2 rings (SSSR count). The molecule has 0 spiro atoms. The summed E-state index contributed by atoms with van der Waals surface area (Å²) in [5.41, 5.74) is -0.451. The summed E-state index contributed by atoms with van der Waals surface area (Å²) < 4.78 is 31.3. The van der Waals surface area contributed by atoms with Crippen LogP contribution in [0.5, 0.6) is 0 Å². The fourth-order valence-corrected chi connectivity index (χ4v) is 2.76. The third kappa shape index (κ3) is 5.99. The summed E-state index contributed by atoms with van der Waals surface area (Å²) in [6, 6.07) is 3.03. The van der Waals surface area contributed by atoms with Gasteiger partial charge in [0.1, 0.15) is 5.60 Å². The van der Waals surface area contributed by atoms with Crippen LogP contribution in [-0.2, 0) is 4.74 Å². The minimum Gasteiger partial charge on any atom is -0.444 e. The number of carbonyl (C=O) groups is 2. The topological polar surface area (TPSA) is 67.4 Å². The van der Waals surface area contributed by atoms with Crippen LogP contribution in [0, 0.1) is 11.6 Å². The molecule has 0 aromatic heterocycles. The molecule has 0 heterocycles. The molecular weight excluding hydrogens is 330 g/mol. The highest BCUT2D eigenvalue weighted by Gasteiger charge is 2.25. The van der Waals surface area contributed by atoms with Crippen molar-refractivity contribution < 1.29 is 23.1 Å². The lowest BCUT2D eigenvalue weighted by molar-refractivity contribution is 0.0488. The van der Waals surface area contributed by atoms with Crippen molar-refractivity contribution in [1.82, 2.24) is 10.6 Å². The average molecular weight is 354 g/mol. The highest BCUT2D eigenvalue weighted by atomic mass is 19.2. The van der Waals surface area contributed by atoms with Gasteiger partial charge in [-0.1, -0.05) is 0 Å². The van der Waals surface area contributed by atoms with E-state index in [4.69, 9.17) is 4.74 Å². The summed E-state index contributed by atoms with van der Waals surface area (Å²) >= 11 is 0. The predicted molar refractivity (Wildman–Crippen MR) is 89.2 cm³/mol. The lowest BCUT2D eigenvalue weighted by Gasteiger charge is -2.30. The van der Waals surface area contributed by atoms with E-state index in [0.29, 0.717) is 25.7 Å². The lowest BCUT2D eigenvalue weighted by Crippen LogP contribution is -2.45. The van der Waals surface area contributed by atoms with Crippen LogP contribution in [0.1, 0.15) is 56.8 Å². The minimum atomic E-state index is -1.04. The first kappa shape index (κ1) is 19.1. The third-order valence-electron chi connectivity index (χ3n) is 3.97. The molecule has 5 nitrogen and oxygen atoms in total. The van der Waals surface area contributed by atoms with E-state index in [1.54, 1.807) is 20.8 Å². The van der Waals surface area contributed by atoms with Crippen LogP contribution in [0.25, 0.3) is 0 Å². The van der Waals surface area contributed by atoms with Gasteiger partial charge in [-0.05, 0) is 64.7 Å². The number of hydrogen-bond donors (Lipinski definition) is 2. The summed E-state index contributed by atoms with van der Waals surface area (Å²) in [6.07, 6.45) is 2.36. The first-order valence-electron chi connectivity index (χ1n) is 8.39. The molecule has 0 unspecified atom stereocenters. The molecule has 25 heavy (non-hydrogen) atoms. The van der Waals surface area contributed by atoms with E-state index >= 15 is 0 Å². The van der Waals surface area contributed by atoms with E-state index < -0.39 is 29.2 Å². The molecular formula is C18H24F2N2O3. The van der Waals surface area contributed by atoms with Gasteiger partial charge in [0.05, 0.1) is 0 Å². The van der Waals surface area contributed by atoms with Gasteiger partial charge in [0, 0.05) is 17.6 Å². The molecule has 1 aromatic carbocycles.